The van der Waals surface area contributed by atoms with E-state index < -0.39 is 0 Å². The first-order valence-corrected chi connectivity index (χ1v) is 7.61. The fraction of sp³-hybridized carbons (Fsp3) is 0.667. The lowest BCUT2D eigenvalue weighted by Crippen LogP contribution is -2.18. The van der Waals surface area contributed by atoms with Crippen LogP contribution < -0.4 is 5.32 Å². The van der Waals surface area contributed by atoms with E-state index >= 15 is 0 Å². The maximum absolute atomic E-state index is 3.51. The van der Waals surface area contributed by atoms with E-state index in [4.69, 9.17) is 0 Å². The van der Waals surface area contributed by atoms with E-state index in [1.54, 1.807) is 10.4 Å². The fourth-order valence-electron chi connectivity index (χ4n) is 1.78. The van der Waals surface area contributed by atoms with Crippen molar-refractivity contribution in [3.05, 3.63) is 21.4 Å². The van der Waals surface area contributed by atoms with E-state index in [1.165, 1.54) is 22.8 Å². The molecule has 2 rings (SSSR count). The van der Waals surface area contributed by atoms with Crippen LogP contribution in [0.5, 0.6) is 0 Å². The Labute approximate surface area is 101 Å². The molecule has 0 radical (unpaired) electrons. The van der Waals surface area contributed by atoms with Crippen molar-refractivity contribution in [3.63, 3.8) is 0 Å². The number of hydrogen-bond acceptors (Lipinski definition) is 3. The summed E-state index contributed by atoms with van der Waals surface area (Å²) in [7, 11) is 0. The van der Waals surface area contributed by atoms with Gasteiger partial charge in [0.15, 0.2) is 0 Å². The fourth-order valence-corrected chi connectivity index (χ4v) is 4.13. The van der Waals surface area contributed by atoms with Gasteiger partial charge in [-0.3, -0.25) is 0 Å². The minimum absolute atomic E-state index is 0.746. The standard InChI is InChI=1S/C12H19NS2/c1-9(2)6-13-7-11-5-10-8-14-4-3-12(10)15-11/h5,9,13H,3-4,6-8H2,1-2H3. The van der Waals surface area contributed by atoms with Gasteiger partial charge in [-0.2, -0.15) is 11.8 Å². The number of rotatable bonds is 4. The lowest BCUT2D eigenvalue weighted by Gasteiger charge is -2.08. The zero-order valence-electron chi connectivity index (χ0n) is 9.51. The number of hydrogen-bond donors (Lipinski definition) is 1. The van der Waals surface area contributed by atoms with E-state index in [1.807, 2.05) is 11.3 Å². The van der Waals surface area contributed by atoms with Crippen LogP contribution in [0.1, 0.15) is 29.2 Å². The van der Waals surface area contributed by atoms with Crippen LogP contribution in [0.15, 0.2) is 6.07 Å². The molecule has 1 aromatic heterocycles. The molecule has 0 amide bonds. The second-order valence-corrected chi connectivity index (χ2v) is 6.81. The van der Waals surface area contributed by atoms with Gasteiger partial charge in [0.1, 0.15) is 0 Å². The lowest BCUT2D eigenvalue weighted by molar-refractivity contribution is 0.555. The molecule has 2 heterocycles. The highest BCUT2D eigenvalue weighted by Crippen LogP contribution is 2.31. The van der Waals surface area contributed by atoms with Crippen LogP contribution in [-0.2, 0) is 18.7 Å². The van der Waals surface area contributed by atoms with Crippen LogP contribution in [0, 0.1) is 5.92 Å². The summed E-state index contributed by atoms with van der Waals surface area (Å²) in [4.78, 5) is 3.15. The van der Waals surface area contributed by atoms with Crippen molar-refractivity contribution in [3.8, 4) is 0 Å². The van der Waals surface area contributed by atoms with Crippen molar-refractivity contribution in [2.75, 3.05) is 12.3 Å². The summed E-state index contributed by atoms with van der Waals surface area (Å²) in [5, 5.41) is 3.51. The zero-order chi connectivity index (χ0) is 10.7. The Bertz CT molecular complexity index is 294. The van der Waals surface area contributed by atoms with E-state index in [2.05, 4.69) is 37.0 Å². The number of thiophene rings is 1. The van der Waals surface area contributed by atoms with Crippen molar-refractivity contribution in [2.45, 2.75) is 32.6 Å². The van der Waals surface area contributed by atoms with Crippen LogP contribution >= 0.6 is 23.1 Å². The van der Waals surface area contributed by atoms with Gasteiger partial charge in [-0.25, -0.2) is 0 Å². The SMILES string of the molecule is CC(C)CNCc1cc2c(s1)CCSC2. The van der Waals surface area contributed by atoms with Gasteiger partial charge in [0, 0.05) is 22.1 Å². The number of aryl methyl sites for hydroxylation is 1. The zero-order valence-corrected chi connectivity index (χ0v) is 11.1. The Hall–Kier alpha value is 0.01000. The Kier molecular flexibility index (Phi) is 4.12. The lowest BCUT2D eigenvalue weighted by atomic mass is 10.2. The Morgan fingerprint density at radius 3 is 3.07 bits per heavy atom. The first-order valence-electron chi connectivity index (χ1n) is 5.64. The number of thioether (sulfide) groups is 1. The first-order chi connectivity index (χ1) is 7.25. The third-order valence-electron chi connectivity index (χ3n) is 2.53. The summed E-state index contributed by atoms with van der Waals surface area (Å²) in [5.41, 5.74) is 1.59. The molecule has 0 atom stereocenters. The Morgan fingerprint density at radius 1 is 1.47 bits per heavy atom. The summed E-state index contributed by atoms with van der Waals surface area (Å²) in [6, 6.07) is 2.40. The number of fused-ring (bicyclic) bond motifs is 1. The maximum Gasteiger partial charge on any atom is 0.0300 e. The molecule has 0 saturated heterocycles. The largest absolute Gasteiger partial charge is 0.312 e. The highest BCUT2D eigenvalue weighted by molar-refractivity contribution is 7.98. The summed E-state index contributed by atoms with van der Waals surface area (Å²) in [5.74, 6) is 3.29. The molecule has 0 unspecified atom stereocenters. The van der Waals surface area contributed by atoms with Gasteiger partial charge in [-0.05, 0) is 36.3 Å². The number of nitrogens with one attached hydrogen (secondary N) is 1. The van der Waals surface area contributed by atoms with Crippen molar-refractivity contribution in [1.82, 2.24) is 5.32 Å². The van der Waals surface area contributed by atoms with Crippen LogP contribution in [-0.4, -0.2) is 12.3 Å². The van der Waals surface area contributed by atoms with Gasteiger partial charge < -0.3 is 5.32 Å². The van der Waals surface area contributed by atoms with Crippen LogP contribution in [0.25, 0.3) is 0 Å². The summed E-state index contributed by atoms with van der Waals surface area (Å²) in [6.07, 6.45) is 1.29. The van der Waals surface area contributed by atoms with Crippen molar-refractivity contribution in [1.29, 1.82) is 0 Å². The predicted molar refractivity (Wildman–Crippen MR) is 70.7 cm³/mol. The van der Waals surface area contributed by atoms with Crippen LogP contribution in [0.2, 0.25) is 0 Å². The molecule has 1 N–H and O–H groups in total. The van der Waals surface area contributed by atoms with Crippen LogP contribution in [0.4, 0.5) is 0 Å². The molecular weight excluding hydrogens is 222 g/mol. The van der Waals surface area contributed by atoms with Gasteiger partial charge in [0.25, 0.3) is 0 Å². The monoisotopic (exact) mass is 241 g/mol. The molecule has 84 valence electrons. The third kappa shape index (κ3) is 3.23. The van der Waals surface area contributed by atoms with E-state index in [9.17, 15) is 0 Å². The highest BCUT2D eigenvalue weighted by Gasteiger charge is 2.13. The van der Waals surface area contributed by atoms with Gasteiger partial charge in [0.2, 0.25) is 0 Å². The van der Waals surface area contributed by atoms with Gasteiger partial charge >= 0.3 is 0 Å². The van der Waals surface area contributed by atoms with Gasteiger partial charge in [-0.15, -0.1) is 11.3 Å². The second kappa shape index (κ2) is 5.37. The normalized spacial score (nSPS) is 15.7. The predicted octanol–water partition coefficient (Wildman–Crippen LogP) is 3.28. The molecule has 1 aliphatic heterocycles. The highest BCUT2D eigenvalue weighted by atomic mass is 32.2. The summed E-state index contributed by atoms with van der Waals surface area (Å²) < 4.78 is 0. The minimum Gasteiger partial charge on any atom is -0.312 e. The van der Waals surface area contributed by atoms with Gasteiger partial charge in [0.05, 0.1) is 0 Å². The molecule has 1 nitrogen and oxygen atoms in total. The molecule has 0 aromatic carbocycles. The summed E-state index contributed by atoms with van der Waals surface area (Å²) >= 11 is 4.08. The van der Waals surface area contributed by atoms with E-state index in [0.717, 1.165) is 19.0 Å². The molecule has 1 aromatic rings. The average Bonchev–Trinajstić information content (AvgIpc) is 2.59. The maximum atomic E-state index is 3.51. The van der Waals surface area contributed by atoms with Crippen LogP contribution in [0.3, 0.4) is 0 Å². The Morgan fingerprint density at radius 2 is 2.33 bits per heavy atom. The molecule has 0 saturated carbocycles. The van der Waals surface area contributed by atoms with Crippen molar-refractivity contribution < 1.29 is 0 Å². The van der Waals surface area contributed by atoms with Gasteiger partial charge in [-0.1, -0.05) is 13.8 Å². The molecular formula is C12H19NS2. The Balaban J connectivity index is 1.89. The molecule has 0 bridgehead atoms. The second-order valence-electron chi connectivity index (χ2n) is 4.49. The molecule has 0 fully saturated rings. The average molecular weight is 241 g/mol. The molecule has 15 heavy (non-hydrogen) atoms. The smallest absolute Gasteiger partial charge is 0.0300 e. The first kappa shape index (κ1) is 11.5. The molecule has 0 spiro atoms. The third-order valence-corrected chi connectivity index (χ3v) is 4.78. The van der Waals surface area contributed by atoms with E-state index in [0.29, 0.717) is 0 Å². The molecule has 0 aliphatic carbocycles. The molecule has 3 heteroatoms. The minimum atomic E-state index is 0.746. The quantitative estimate of drug-likeness (QED) is 0.868. The summed E-state index contributed by atoms with van der Waals surface area (Å²) in [6.45, 7) is 6.68. The van der Waals surface area contributed by atoms with E-state index in [-0.39, 0.29) is 0 Å². The van der Waals surface area contributed by atoms with Crippen molar-refractivity contribution in [2.24, 2.45) is 5.92 Å². The molecule has 1 aliphatic rings. The van der Waals surface area contributed by atoms with Crippen molar-refractivity contribution >= 4 is 23.1 Å². The topological polar surface area (TPSA) is 12.0 Å².